The van der Waals surface area contributed by atoms with Gasteiger partial charge in [-0.05, 0) is 36.4 Å². The Labute approximate surface area is 202 Å². The molecule has 0 saturated heterocycles. The van der Waals surface area contributed by atoms with E-state index in [0.717, 1.165) is 12.1 Å². The van der Waals surface area contributed by atoms with E-state index in [-0.39, 0.29) is 30.1 Å². The van der Waals surface area contributed by atoms with Crippen LogP contribution in [-0.2, 0) is 11.2 Å². The van der Waals surface area contributed by atoms with Gasteiger partial charge in [0, 0.05) is 24.3 Å². The minimum atomic E-state index is -0.781. The molecule has 0 aliphatic rings. The van der Waals surface area contributed by atoms with Gasteiger partial charge in [0.25, 0.3) is 5.91 Å². The van der Waals surface area contributed by atoms with Crippen LogP contribution in [0.25, 0.3) is 33.7 Å². The zero-order valence-electron chi connectivity index (χ0n) is 18.6. The fourth-order valence-electron chi connectivity index (χ4n) is 3.63. The maximum atomic E-state index is 13.9. The fraction of sp³-hybridized carbons (Fsp3) is 0.0769. The lowest BCUT2D eigenvalue weighted by Gasteiger charge is -2.10. The van der Waals surface area contributed by atoms with Crippen LogP contribution in [0.3, 0.4) is 0 Å². The SMILES string of the molecule is O=C(CCc1ncc(-c2ccc(F)cc2F)o1)NNC(=O)c1cc(-c2ccco2)nc2ccccc12. The number of hydrogen-bond acceptors (Lipinski definition) is 6. The number of amides is 2. The van der Waals surface area contributed by atoms with Crippen LogP contribution < -0.4 is 10.9 Å². The molecule has 3 heterocycles. The van der Waals surface area contributed by atoms with Crippen molar-refractivity contribution < 1.29 is 27.2 Å². The van der Waals surface area contributed by atoms with Crippen LogP contribution in [0.1, 0.15) is 22.7 Å². The maximum Gasteiger partial charge on any atom is 0.270 e. The van der Waals surface area contributed by atoms with Gasteiger partial charge in [-0.25, -0.2) is 18.7 Å². The van der Waals surface area contributed by atoms with E-state index in [2.05, 4.69) is 20.8 Å². The second kappa shape index (κ2) is 9.79. The predicted molar refractivity (Wildman–Crippen MR) is 125 cm³/mol. The molecule has 2 aromatic carbocycles. The van der Waals surface area contributed by atoms with Crippen molar-refractivity contribution in [2.45, 2.75) is 12.8 Å². The Hall–Kier alpha value is -4.86. The number of hydrazine groups is 1. The molecule has 0 aliphatic heterocycles. The van der Waals surface area contributed by atoms with Gasteiger partial charge in [0.15, 0.2) is 17.4 Å². The number of carbonyl (C=O) groups excluding carboxylic acids is 2. The third kappa shape index (κ3) is 4.83. The van der Waals surface area contributed by atoms with Crippen molar-refractivity contribution in [1.29, 1.82) is 0 Å². The molecule has 0 radical (unpaired) electrons. The number of para-hydroxylation sites is 1. The molecule has 180 valence electrons. The summed E-state index contributed by atoms with van der Waals surface area (Å²) in [6.07, 6.45) is 2.86. The average molecular weight is 488 g/mol. The number of halogens is 2. The Kier molecular flexibility index (Phi) is 6.23. The third-order valence-corrected chi connectivity index (χ3v) is 5.37. The van der Waals surface area contributed by atoms with Gasteiger partial charge >= 0.3 is 0 Å². The Morgan fingerprint density at radius 3 is 2.61 bits per heavy atom. The lowest BCUT2D eigenvalue weighted by Crippen LogP contribution is -2.41. The Bertz CT molecular complexity index is 1560. The van der Waals surface area contributed by atoms with E-state index < -0.39 is 23.4 Å². The van der Waals surface area contributed by atoms with E-state index in [9.17, 15) is 18.4 Å². The fourth-order valence-corrected chi connectivity index (χ4v) is 3.63. The summed E-state index contributed by atoms with van der Waals surface area (Å²) in [4.78, 5) is 33.8. The topological polar surface area (TPSA) is 110 Å². The van der Waals surface area contributed by atoms with Gasteiger partial charge in [0.05, 0.1) is 29.1 Å². The van der Waals surface area contributed by atoms with E-state index in [1.165, 1.54) is 18.5 Å². The number of aromatic nitrogens is 2. The molecule has 8 nitrogen and oxygen atoms in total. The molecule has 0 spiro atoms. The number of nitrogens with zero attached hydrogens (tertiary/aromatic N) is 2. The van der Waals surface area contributed by atoms with Crippen molar-refractivity contribution in [2.24, 2.45) is 0 Å². The Morgan fingerprint density at radius 1 is 0.944 bits per heavy atom. The maximum absolute atomic E-state index is 13.9. The molecule has 5 rings (SSSR count). The number of oxazole rings is 1. The lowest BCUT2D eigenvalue weighted by molar-refractivity contribution is -0.121. The minimum Gasteiger partial charge on any atom is -0.463 e. The molecule has 0 atom stereocenters. The number of carbonyl (C=O) groups is 2. The monoisotopic (exact) mass is 488 g/mol. The normalized spacial score (nSPS) is 10.9. The van der Waals surface area contributed by atoms with Crippen molar-refractivity contribution in [2.75, 3.05) is 0 Å². The number of nitrogens with one attached hydrogen (secondary N) is 2. The Balaban J connectivity index is 1.23. The van der Waals surface area contributed by atoms with Crippen LogP contribution in [0.5, 0.6) is 0 Å². The molecule has 3 aromatic heterocycles. The number of furan rings is 1. The molecule has 36 heavy (non-hydrogen) atoms. The van der Waals surface area contributed by atoms with Crippen molar-refractivity contribution in [3.8, 4) is 22.8 Å². The van der Waals surface area contributed by atoms with Crippen LogP contribution in [0.4, 0.5) is 8.78 Å². The summed E-state index contributed by atoms with van der Waals surface area (Å²) in [5.41, 5.74) is 6.23. The molecule has 0 bridgehead atoms. The van der Waals surface area contributed by atoms with E-state index in [0.29, 0.717) is 27.9 Å². The van der Waals surface area contributed by atoms with E-state index in [1.807, 2.05) is 6.07 Å². The van der Waals surface area contributed by atoms with Crippen LogP contribution in [0.15, 0.2) is 82.0 Å². The summed E-state index contributed by atoms with van der Waals surface area (Å²) < 4.78 is 37.9. The quantitative estimate of drug-likeness (QED) is 0.332. The van der Waals surface area contributed by atoms with Gasteiger partial charge < -0.3 is 8.83 Å². The summed E-state index contributed by atoms with van der Waals surface area (Å²) in [5.74, 6) is -1.68. The summed E-state index contributed by atoms with van der Waals surface area (Å²) in [7, 11) is 0. The number of benzene rings is 2. The largest absolute Gasteiger partial charge is 0.463 e. The minimum absolute atomic E-state index is 0.0547. The van der Waals surface area contributed by atoms with Crippen molar-refractivity contribution >= 4 is 22.7 Å². The van der Waals surface area contributed by atoms with Gasteiger partial charge in [0.1, 0.15) is 17.3 Å². The number of hydrogen-bond donors (Lipinski definition) is 2. The number of pyridine rings is 1. The molecule has 0 saturated carbocycles. The smallest absolute Gasteiger partial charge is 0.270 e. The van der Waals surface area contributed by atoms with Crippen molar-refractivity contribution in [3.05, 3.63) is 96.2 Å². The third-order valence-electron chi connectivity index (χ3n) is 5.37. The molecular weight excluding hydrogens is 470 g/mol. The zero-order valence-corrected chi connectivity index (χ0v) is 18.6. The zero-order chi connectivity index (χ0) is 25.1. The molecule has 2 N–H and O–H groups in total. The highest BCUT2D eigenvalue weighted by Crippen LogP contribution is 2.26. The molecule has 0 aliphatic carbocycles. The van der Waals surface area contributed by atoms with Gasteiger partial charge in [-0.15, -0.1) is 0 Å². The first-order valence-corrected chi connectivity index (χ1v) is 10.9. The number of fused-ring (bicyclic) bond motifs is 1. The first-order valence-electron chi connectivity index (χ1n) is 10.9. The van der Waals surface area contributed by atoms with Gasteiger partial charge in [-0.3, -0.25) is 20.4 Å². The highest BCUT2D eigenvalue weighted by atomic mass is 19.1. The molecule has 0 unspecified atom stereocenters. The Morgan fingerprint density at radius 2 is 1.81 bits per heavy atom. The van der Waals surface area contributed by atoms with E-state index in [4.69, 9.17) is 8.83 Å². The van der Waals surface area contributed by atoms with Crippen LogP contribution in [0.2, 0.25) is 0 Å². The van der Waals surface area contributed by atoms with Crippen molar-refractivity contribution in [1.82, 2.24) is 20.8 Å². The summed E-state index contributed by atoms with van der Waals surface area (Å²) >= 11 is 0. The molecule has 2 amide bonds. The van der Waals surface area contributed by atoms with Crippen molar-refractivity contribution in [3.63, 3.8) is 0 Å². The predicted octanol–water partition coefficient (Wildman–Crippen LogP) is 4.82. The second-order valence-electron chi connectivity index (χ2n) is 7.79. The summed E-state index contributed by atoms with van der Waals surface area (Å²) in [5, 5.41) is 0.611. The van der Waals surface area contributed by atoms with Gasteiger partial charge in [-0.2, -0.15) is 0 Å². The highest BCUT2D eigenvalue weighted by Gasteiger charge is 2.17. The van der Waals surface area contributed by atoms with Gasteiger partial charge in [-0.1, -0.05) is 18.2 Å². The number of aryl methyl sites for hydroxylation is 1. The van der Waals surface area contributed by atoms with E-state index >= 15 is 0 Å². The first-order chi connectivity index (χ1) is 17.5. The molecular formula is C26H18F2N4O4. The summed E-state index contributed by atoms with van der Waals surface area (Å²) in [6.45, 7) is 0. The number of rotatable bonds is 6. The highest BCUT2D eigenvalue weighted by molar-refractivity contribution is 6.07. The van der Waals surface area contributed by atoms with Gasteiger partial charge in [0.2, 0.25) is 5.91 Å². The standard InChI is InChI=1S/C26H18F2N4O4/c27-15-7-8-17(19(28)12-15)23-14-29-25(36-23)10-9-24(33)31-32-26(34)18-13-21(22-6-3-11-35-22)30-20-5-2-1-4-16(18)20/h1-8,11-14H,9-10H2,(H,31,33)(H,32,34). The molecule has 0 fully saturated rings. The average Bonchev–Trinajstić information content (AvgIpc) is 3.58. The second-order valence-corrected chi connectivity index (χ2v) is 7.79. The first kappa shape index (κ1) is 22.9. The van der Waals surface area contributed by atoms with Crippen LogP contribution in [-0.4, -0.2) is 21.8 Å². The lowest BCUT2D eigenvalue weighted by atomic mass is 10.1. The summed E-state index contributed by atoms with van der Waals surface area (Å²) in [6, 6.07) is 15.3. The van der Waals surface area contributed by atoms with Crippen LogP contribution in [0, 0.1) is 11.6 Å². The van der Waals surface area contributed by atoms with E-state index in [1.54, 1.807) is 36.4 Å². The molecule has 5 aromatic rings. The molecule has 10 heteroatoms. The van der Waals surface area contributed by atoms with Crippen LogP contribution >= 0.6 is 0 Å².